The number of fused-ring (bicyclic) bond motifs is 1. The Bertz CT molecular complexity index is 1670. The Morgan fingerprint density at radius 2 is 1.55 bits per heavy atom. The molecule has 246 valence electrons. The monoisotopic (exact) mass is 818 g/mol. The fraction of sp³-hybridized carbons (Fsp3) is 0.500. The molecule has 0 saturated carbocycles. The molecule has 1 aromatic heterocycles. The summed E-state index contributed by atoms with van der Waals surface area (Å²) in [5.41, 5.74) is -1.52. The largest absolute Gasteiger partial charge is 0.490 e. The van der Waals surface area contributed by atoms with Crippen LogP contribution < -0.4 is 16.6 Å². The Labute approximate surface area is 261 Å². The molecule has 0 aliphatic carbocycles. The number of phosphoric acid groups is 3. The molecule has 44 heavy (non-hydrogen) atoms. The van der Waals surface area contributed by atoms with Crippen LogP contribution in [0.1, 0.15) is 32.4 Å². The van der Waals surface area contributed by atoms with Gasteiger partial charge in [0.15, 0.2) is 12.5 Å². The van der Waals surface area contributed by atoms with Crippen LogP contribution in [0.5, 0.6) is 0 Å². The highest BCUT2D eigenvalue weighted by Gasteiger charge is 2.54. The van der Waals surface area contributed by atoms with Crippen molar-refractivity contribution >= 4 is 59.0 Å². The molecule has 0 spiro atoms. The lowest BCUT2D eigenvalue weighted by molar-refractivity contribution is -0.153. The molecule has 0 bridgehead atoms. The quantitative estimate of drug-likeness (QED) is 0.135. The lowest BCUT2D eigenvalue weighted by atomic mass is 10.1. The Kier molecular flexibility index (Phi) is 11.5. The molecule has 2 aliphatic rings. The molecule has 2 aliphatic heterocycles. The molecule has 19 nitrogen and oxygen atoms in total. The molecule has 2 aromatic rings. The van der Waals surface area contributed by atoms with Crippen molar-refractivity contribution in [3.05, 3.63) is 60.9 Å². The number of aromatic amines is 1. The van der Waals surface area contributed by atoms with Gasteiger partial charge in [-0.3, -0.25) is 23.4 Å². The SMILES string of the molecule is CCCCC1OC2[C@@H](O1)[C@@H](COP(=O)(O)OP(=O)(O)OP(=O)(O)OP(=O)(O)c1ccccc1I)O[C@H]2n1ccc(=O)[nH]c1=O. The van der Waals surface area contributed by atoms with Crippen LogP contribution in [0.25, 0.3) is 0 Å². The fourth-order valence-corrected chi connectivity index (χ4v) is 11.0. The van der Waals surface area contributed by atoms with Gasteiger partial charge in [-0.25, -0.2) is 22.8 Å². The first-order valence-electron chi connectivity index (χ1n) is 12.5. The van der Waals surface area contributed by atoms with Gasteiger partial charge in [0.05, 0.1) is 11.9 Å². The maximum Gasteiger partial charge on any atom is 0.490 e. The number of halogens is 1. The normalized spacial score (nSPS) is 28.8. The van der Waals surface area contributed by atoms with Crippen LogP contribution in [0.15, 0.2) is 46.1 Å². The molecule has 6 unspecified atom stereocenters. The highest BCUT2D eigenvalue weighted by molar-refractivity contribution is 14.1. The third kappa shape index (κ3) is 9.13. The van der Waals surface area contributed by atoms with Crippen LogP contribution in [-0.4, -0.2) is 60.3 Å². The summed E-state index contributed by atoms with van der Waals surface area (Å²) in [6, 6.07) is 6.33. The van der Waals surface area contributed by atoms with Gasteiger partial charge >= 0.3 is 36.8 Å². The third-order valence-electron chi connectivity index (χ3n) is 6.01. The predicted molar refractivity (Wildman–Crippen MR) is 156 cm³/mol. The number of aromatic nitrogens is 2. The van der Waals surface area contributed by atoms with Crippen molar-refractivity contribution in [2.24, 2.45) is 0 Å². The van der Waals surface area contributed by atoms with Crippen molar-refractivity contribution in [3.63, 3.8) is 0 Å². The van der Waals surface area contributed by atoms with Crippen LogP contribution in [0.3, 0.4) is 0 Å². The Morgan fingerprint density at radius 1 is 0.909 bits per heavy atom. The molecule has 1 aromatic carbocycles. The maximum absolute atomic E-state index is 12.5. The highest BCUT2D eigenvalue weighted by Crippen LogP contribution is 2.71. The van der Waals surface area contributed by atoms with Crippen molar-refractivity contribution in [2.75, 3.05) is 6.61 Å². The average molecular weight is 818 g/mol. The summed E-state index contributed by atoms with van der Waals surface area (Å²) in [5.74, 6) is 0. The van der Waals surface area contributed by atoms with Crippen LogP contribution in [0.4, 0.5) is 0 Å². The molecule has 0 amide bonds. The minimum atomic E-state index is -5.99. The zero-order valence-electron chi connectivity index (χ0n) is 22.4. The number of hydrogen-bond acceptors (Lipinski definition) is 13. The van der Waals surface area contributed by atoms with E-state index in [4.69, 9.17) is 18.7 Å². The molecular weight excluding hydrogens is 791 g/mol. The second-order valence-electron chi connectivity index (χ2n) is 9.27. The minimum absolute atomic E-state index is 0.144. The molecule has 2 fully saturated rings. The summed E-state index contributed by atoms with van der Waals surface area (Å²) < 4.78 is 85.2. The summed E-state index contributed by atoms with van der Waals surface area (Å²) in [5, 5.41) is -0.435. The number of hydrogen-bond donors (Lipinski definition) is 5. The highest BCUT2D eigenvalue weighted by atomic mass is 127. The number of unbranched alkanes of at least 4 members (excludes halogenated alkanes) is 1. The number of H-pyrrole nitrogens is 1. The first-order valence-corrected chi connectivity index (χ1v) is 19.7. The van der Waals surface area contributed by atoms with Gasteiger partial charge in [-0.05, 0) is 47.6 Å². The lowest BCUT2D eigenvalue weighted by Gasteiger charge is -2.22. The summed E-state index contributed by atoms with van der Waals surface area (Å²) >= 11 is 1.63. The van der Waals surface area contributed by atoms with Gasteiger partial charge in [0.1, 0.15) is 18.3 Å². The number of rotatable bonds is 14. The molecule has 24 heteroatoms. The zero-order valence-corrected chi connectivity index (χ0v) is 28.1. The van der Waals surface area contributed by atoms with E-state index in [0.717, 1.165) is 35.7 Å². The Morgan fingerprint density at radius 3 is 2.20 bits per heavy atom. The molecule has 0 radical (unpaired) electrons. The Balaban J connectivity index is 1.43. The van der Waals surface area contributed by atoms with Crippen LogP contribution in [0, 0.1) is 3.57 Å². The number of benzene rings is 1. The average Bonchev–Trinajstić information content (AvgIpc) is 3.43. The van der Waals surface area contributed by atoms with Gasteiger partial charge < -0.3 is 33.8 Å². The topological polar surface area (TPSA) is 269 Å². The minimum Gasteiger partial charge on any atom is -0.346 e. The zero-order chi connectivity index (χ0) is 32.5. The van der Waals surface area contributed by atoms with Crippen LogP contribution in [-0.2, 0) is 49.9 Å². The third-order valence-corrected chi connectivity index (χ3v) is 13.9. The van der Waals surface area contributed by atoms with Crippen molar-refractivity contribution in [1.29, 1.82) is 0 Å². The molecular formula is C20H27IN2O17P4. The second-order valence-corrected chi connectivity index (χ2v) is 17.0. The summed E-state index contributed by atoms with van der Waals surface area (Å²) in [6.45, 7) is 1.08. The number of nitrogens with one attached hydrogen (secondary N) is 1. The van der Waals surface area contributed by atoms with E-state index < -0.39 is 85.1 Å². The summed E-state index contributed by atoms with van der Waals surface area (Å²) in [7, 11) is -22.6. The molecule has 5 N–H and O–H groups in total. The van der Waals surface area contributed by atoms with Gasteiger partial charge in [0, 0.05) is 15.8 Å². The van der Waals surface area contributed by atoms with E-state index in [1.54, 1.807) is 22.6 Å². The molecule has 3 heterocycles. The lowest BCUT2D eigenvalue weighted by Crippen LogP contribution is -2.36. The van der Waals surface area contributed by atoms with Gasteiger partial charge in [-0.1, -0.05) is 25.5 Å². The predicted octanol–water partition coefficient (Wildman–Crippen LogP) is 2.22. The van der Waals surface area contributed by atoms with Gasteiger partial charge in [-0.15, -0.1) is 0 Å². The first kappa shape index (κ1) is 36.0. The van der Waals surface area contributed by atoms with Gasteiger partial charge in [0.25, 0.3) is 5.56 Å². The van der Waals surface area contributed by atoms with Gasteiger partial charge in [-0.2, -0.15) is 8.62 Å². The summed E-state index contributed by atoms with van der Waals surface area (Å²) in [4.78, 5) is 65.9. The Hall–Kier alpha value is -0.890. The number of phosphoric ester groups is 1. The molecule has 4 rings (SSSR count). The van der Waals surface area contributed by atoms with Crippen LogP contribution in [0.2, 0.25) is 0 Å². The van der Waals surface area contributed by atoms with Crippen molar-refractivity contribution < 1.29 is 69.5 Å². The first-order chi connectivity index (χ1) is 20.4. The standard InChI is InChI=1S/C20H27IN2O17P4/c1-2-3-8-16-36-17-13(35-19(18(17)37-16)23-10-9-15(24)22-20(23)25)11-34-42(28,29)39-44(32,33)40-43(30,31)38-41(26,27)14-7-5-4-6-12(14)21/h4-7,9-10,13,16-19H,2-3,8,11H2,1H3,(H,26,27)(H,28,29)(H,30,31)(H,32,33)(H,22,24,25)/t13-,16?,17+,18?,19-/m1/s1. The number of nitrogens with zero attached hydrogens (tertiary/aromatic N) is 1. The summed E-state index contributed by atoms with van der Waals surface area (Å²) in [6.07, 6.45) is -1.95. The molecule has 9 atom stereocenters. The van der Waals surface area contributed by atoms with E-state index >= 15 is 0 Å². The van der Waals surface area contributed by atoms with Crippen molar-refractivity contribution in [1.82, 2.24) is 9.55 Å². The van der Waals surface area contributed by atoms with Gasteiger partial charge in [0.2, 0.25) is 0 Å². The van der Waals surface area contributed by atoms with Crippen molar-refractivity contribution in [2.45, 2.75) is 57.0 Å². The second kappa shape index (κ2) is 14.1. The van der Waals surface area contributed by atoms with Crippen molar-refractivity contribution in [3.8, 4) is 0 Å². The van der Waals surface area contributed by atoms with E-state index in [9.17, 15) is 47.4 Å². The van der Waals surface area contributed by atoms with E-state index in [2.05, 4.69) is 17.9 Å². The van der Waals surface area contributed by atoms with Crippen LogP contribution >= 0.6 is 53.7 Å². The smallest absolute Gasteiger partial charge is 0.346 e. The number of ether oxygens (including phenoxy) is 3. The maximum atomic E-state index is 12.5. The molecule has 2 saturated heterocycles. The van der Waals surface area contributed by atoms with E-state index in [1.165, 1.54) is 18.2 Å². The van der Waals surface area contributed by atoms with E-state index in [0.29, 0.717) is 6.42 Å². The van der Waals surface area contributed by atoms with E-state index in [-0.39, 0.29) is 3.57 Å². The fourth-order valence-electron chi connectivity index (χ4n) is 4.24. The van der Waals surface area contributed by atoms with E-state index in [1.807, 2.05) is 6.92 Å².